The van der Waals surface area contributed by atoms with E-state index in [1.807, 2.05) is 13.0 Å². The maximum absolute atomic E-state index is 11.9. The van der Waals surface area contributed by atoms with Crippen molar-refractivity contribution in [3.8, 4) is 11.5 Å². The topological polar surface area (TPSA) is 76.7 Å². The van der Waals surface area contributed by atoms with Crippen LogP contribution >= 0.6 is 11.3 Å². The molecule has 0 radical (unpaired) electrons. The molecule has 23 heavy (non-hydrogen) atoms. The van der Waals surface area contributed by atoms with Crippen LogP contribution in [0.5, 0.6) is 11.5 Å². The Kier molecular flexibility index (Phi) is 5.59. The van der Waals surface area contributed by atoms with Gasteiger partial charge in [0.1, 0.15) is 11.5 Å². The van der Waals surface area contributed by atoms with Crippen molar-refractivity contribution in [3.05, 3.63) is 40.1 Å². The van der Waals surface area contributed by atoms with Gasteiger partial charge in [0.05, 0.1) is 25.6 Å². The molecule has 7 heteroatoms. The number of anilines is 1. The Morgan fingerprint density at radius 2 is 1.74 bits per heavy atom. The second-order valence-electron chi connectivity index (χ2n) is 4.74. The zero-order valence-corrected chi connectivity index (χ0v) is 14.0. The van der Waals surface area contributed by atoms with E-state index in [4.69, 9.17) is 9.47 Å². The van der Waals surface area contributed by atoms with Crippen LogP contribution in [0.2, 0.25) is 0 Å². The highest BCUT2D eigenvalue weighted by atomic mass is 32.1. The fourth-order valence-electron chi connectivity index (χ4n) is 1.89. The Balaban J connectivity index is 1.93. The summed E-state index contributed by atoms with van der Waals surface area (Å²) in [6.45, 7) is 1.81. The Bertz CT molecular complexity index is 690. The zero-order chi connectivity index (χ0) is 16.8. The summed E-state index contributed by atoms with van der Waals surface area (Å²) in [4.78, 5) is 25.5. The third-order valence-electron chi connectivity index (χ3n) is 3.01. The van der Waals surface area contributed by atoms with E-state index in [9.17, 15) is 9.59 Å². The lowest BCUT2D eigenvalue weighted by atomic mass is 10.2. The summed E-state index contributed by atoms with van der Waals surface area (Å²) < 4.78 is 10.3. The predicted octanol–water partition coefficient (Wildman–Crippen LogP) is 2.44. The van der Waals surface area contributed by atoms with Gasteiger partial charge < -0.3 is 20.1 Å². The fraction of sp³-hybridized carbons (Fsp3) is 0.250. The molecule has 0 atom stereocenters. The number of ether oxygens (including phenoxy) is 2. The van der Waals surface area contributed by atoms with Crippen molar-refractivity contribution in [2.45, 2.75) is 6.92 Å². The number of aryl methyl sites for hydroxylation is 1. The molecule has 2 rings (SSSR count). The molecule has 122 valence electrons. The van der Waals surface area contributed by atoms with Crippen molar-refractivity contribution in [2.75, 3.05) is 26.1 Å². The van der Waals surface area contributed by atoms with Crippen LogP contribution in [0.3, 0.4) is 0 Å². The van der Waals surface area contributed by atoms with E-state index in [0.29, 0.717) is 22.1 Å². The second kappa shape index (κ2) is 7.64. The molecular formula is C16H18N2O4S. The molecule has 0 unspecified atom stereocenters. The van der Waals surface area contributed by atoms with E-state index in [1.165, 1.54) is 25.6 Å². The third-order valence-corrected chi connectivity index (χ3v) is 4.01. The molecule has 2 amide bonds. The Labute approximate surface area is 138 Å². The molecule has 0 saturated heterocycles. The number of methoxy groups -OCH3 is 2. The maximum atomic E-state index is 11.9. The van der Waals surface area contributed by atoms with E-state index < -0.39 is 0 Å². The van der Waals surface area contributed by atoms with E-state index >= 15 is 0 Å². The number of hydrogen-bond donors (Lipinski definition) is 2. The lowest BCUT2D eigenvalue weighted by Crippen LogP contribution is -2.32. The van der Waals surface area contributed by atoms with Crippen molar-refractivity contribution in [2.24, 2.45) is 0 Å². The van der Waals surface area contributed by atoms with E-state index in [2.05, 4.69) is 10.6 Å². The molecule has 2 aromatic rings. The van der Waals surface area contributed by atoms with Gasteiger partial charge in [-0.15, -0.1) is 11.3 Å². The number of rotatable bonds is 6. The molecule has 6 nitrogen and oxygen atoms in total. The number of nitrogens with one attached hydrogen (secondary N) is 2. The maximum Gasteiger partial charge on any atom is 0.261 e. The number of thiophene rings is 1. The van der Waals surface area contributed by atoms with Crippen LogP contribution in [-0.4, -0.2) is 32.6 Å². The summed E-state index contributed by atoms with van der Waals surface area (Å²) in [6, 6.07) is 8.65. The first-order valence-corrected chi connectivity index (χ1v) is 7.71. The molecule has 0 saturated carbocycles. The van der Waals surface area contributed by atoms with E-state index in [1.54, 1.807) is 24.3 Å². The molecule has 1 aromatic carbocycles. The van der Waals surface area contributed by atoms with Gasteiger partial charge in [-0.25, -0.2) is 0 Å². The minimum absolute atomic E-state index is 0.116. The van der Waals surface area contributed by atoms with Crippen LogP contribution in [0.15, 0.2) is 30.3 Å². The van der Waals surface area contributed by atoms with Gasteiger partial charge in [0.25, 0.3) is 5.91 Å². The molecular weight excluding hydrogens is 316 g/mol. The molecule has 0 aliphatic rings. The Hall–Kier alpha value is -2.54. The SMILES string of the molecule is COc1cc(NC(=O)CNC(=O)c2ccc(C)s2)cc(OC)c1. The minimum Gasteiger partial charge on any atom is -0.497 e. The molecule has 1 aromatic heterocycles. The quantitative estimate of drug-likeness (QED) is 0.851. The molecule has 1 heterocycles. The largest absolute Gasteiger partial charge is 0.497 e. The lowest BCUT2D eigenvalue weighted by molar-refractivity contribution is -0.115. The van der Waals surface area contributed by atoms with Gasteiger partial charge in [-0.1, -0.05) is 0 Å². The first-order valence-electron chi connectivity index (χ1n) is 6.89. The van der Waals surface area contributed by atoms with Crippen LogP contribution in [-0.2, 0) is 4.79 Å². The number of amides is 2. The summed E-state index contributed by atoms with van der Waals surface area (Å²) in [5, 5.41) is 5.28. The van der Waals surface area contributed by atoms with Gasteiger partial charge in [-0.05, 0) is 19.1 Å². The van der Waals surface area contributed by atoms with Gasteiger partial charge in [-0.3, -0.25) is 9.59 Å². The highest BCUT2D eigenvalue weighted by Gasteiger charge is 2.11. The van der Waals surface area contributed by atoms with Crippen LogP contribution in [0.25, 0.3) is 0 Å². The van der Waals surface area contributed by atoms with E-state index in [-0.39, 0.29) is 18.4 Å². The first-order chi connectivity index (χ1) is 11.0. The third kappa shape index (κ3) is 4.72. The second-order valence-corrected chi connectivity index (χ2v) is 6.03. The molecule has 0 aliphatic carbocycles. The number of carbonyl (C=O) groups is 2. The molecule has 0 spiro atoms. The van der Waals surface area contributed by atoms with Crippen molar-refractivity contribution < 1.29 is 19.1 Å². The van der Waals surface area contributed by atoms with Crippen molar-refractivity contribution in [1.82, 2.24) is 5.32 Å². The summed E-state index contributed by atoms with van der Waals surface area (Å²) in [5.74, 6) is 0.541. The average molecular weight is 334 g/mol. The number of carbonyl (C=O) groups excluding carboxylic acids is 2. The smallest absolute Gasteiger partial charge is 0.261 e. The van der Waals surface area contributed by atoms with Crippen LogP contribution < -0.4 is 20.1 Å². The van der Waals surface area contributed by atoms with Gasteiger partial charge >= 0.3 is 0 Å². The lowest BCUT2D eigenvalue weighted by Gasteiger charge is -2.10. The Morgan fingerprint density at radius 1 is 1.09 bits per heavy atom. The van der Waals surface area contributed by atoms with Crippen molar-refractivity contribution >= 4 is 28.8 Å². The summed E-state index contributed by atoms with van der Waals surface area (Å²) in [5.41, 5.74) is 0.535. The highest BCUT2D eigenvalue weighted by molar-refractivity contribution is 7.13. The average Bonchev–Trinajstić information content (AvgIpc) is 2.98. The summed E-state index contributed by atoms with van der Waals surface area (Å²) in [7, 11) is 3.06. The minimum atomic E-state index is -0.332. The molecule has 2 N–H and O–H groups in total. The fourth-order valence-corrected chi connectivity index (χ4v) is 2.67. The monoisotopic (exact) mass is 334 g/mol. The normalized spacial score (nSPS) is 10.0. The molecule has 0 fully saturated rings. The van der Waals surface area contributed by atoms with Crippen LogP contribution in [0.1, 0.15) is 14.5 Å². The van der Waals surface area contributed by atoms with Crippen molar-refractivity contribution in [1.29, 1.82) is 0 Å². The van der Waals surface area contributed by atoms with Gasteiger partial charge in [0.2, 0.25) is 5.91 Å². The standard InChI is InChI=1S/C16H18N2O4S/c1-10-4-5-14(23-10)16(20)17-9-15(19)18-11-6-12(21-2)8-13(7-11)22-3/h4-8H,9H2,1-3H3,(H,17,20)(H,18,19). The first kappa shape index (κ1) is 16.8. The zero-order valence-electron chi connectivity index (χ0n) is 13.1. The molecule has 0 bridgehead atoms. The van der Waals surface area contributed by atoms with Crippen molar-refractivity contribution in [3.63, 3.8) is 0 Å². The summed E-state index contributed by atoms with van der Waals surface area (Å²) in [6.07, 6.45) is 0. The van der Waals surface area contributed by atoms with E-state index in [0.717, 1.165) is 4.88 Å². The van der Waals surface area contributed by atoms with Crippen LogP contribution in [0.4, 0.5) is 5.69 Å². The van der Waals surface area contributed by atoms with Gasteiger partial charge in [0.15, 0.2) is 0 Å². The Morgan fingerprint density at radius 3 is 2.26 bits per heavy atom. The molecule has 0 aliphatic heterocycles. The summed E-state index contributed by atoms with van der Waals surface area (Å²) >= 11 is 1.38. The number of hydrogen-bond acceptors (Lipinski definition) is 5. The number of benzene rings is 1. The predicted molar refractivity (Wildman–Crippen MR) is 89.6 cm³/mol. The van der Waals surface area contributed by atoms with Gasteiger partial charge in [-0.2, -0.15) is 0 Å². The highest BCUT2D eigenvalue weighted by Crippen LogP contribution is 2.25. The van der Waals surface area contributed by atoms with Gasteiger partial charge in [0, 0.05) is 28.8 Å². The van der Waals surface area contributed by atoms with Crippen LogP contribution in [0, 0.1) is 6.92 Å².